The highest BCUT2D eigenvalue weighted by Crippen LogP contribution is 2.21. The third-order valence-corrected chi connectivity index (χ3v) is 6.19. The van der Waals surface area contributed by atoms with Crippen LogP contribution in [0.3, 0.4) is 0 Å². The first kappa shape index (κ1) is 19.2. The van der Waals surface area contributed by atoms with Gasteiger partial charge in [0.1, 0.15) is 11.6 Å². The van der Waals surface area contributed by atoms with Crippen molar-refractivity contribution in [3.63, 3.8) is 0 Å². The summed E-state index contributed by atoms with van der Waals surface area (Å²) in [4.78, 5) is 21.7. The van der Waals surface area contributed by atoms with Gasteiger partial charge in [-0.1, -0.05) is 0 Å². The van der Waals surface area contributed by atoms with E-state index in [2.05, 4.69) is 29.5 Å². The molecule has 0 amide bonds. The van der Waals surface area contributed by atoms with Crippen molar-refractivity contribution in [2.45, 2.75) is 38.9 Å². The predicted molar refractivity (Wildman–Crippen MR) is 114 cm³/mol. The molecule has 0 unspecified atom stereocenters. The van der Waals surface area contributed by atoms with Crippen molar-refractivity contribution in [3.8, 4) is 0 Å². The number of anilines is 1. The monoisotopic (exact) mass is 409 g/mol. The van der Waals surface area contributed by atoms with Crippen molar-refractivity contribution in [3.05, 3.63) is 46.5 Å². The minimum atomic E-state index is -0.109. The van der Waals surface area contributed by atoms with Crippen LogP contribution < -0.4 is 10.5 Å². The second-order valence-corrected chi connectivity index (χ2v) is 8.07. The smallest absolute Gasteiger partial charge is 0.261 e. The highest BCUT2D eigenvalue weighted by Gasteiger charge is 2.22. The maximum absolute atomic E-state index is 12.5. The van der Waals surface area contributed by atoms with Crippen LogP contribution in [0.25, 0.3) is 10.9 Å². The SMILES string of the molecule is O=c1c2ccc(N3CCN(Cc4nnc5n4CCCC5)CC3)cc2ncn1CCO. The molecule has 2 aromatic heterocycles. The number of hydrogen-bond donors (Lipinski definition) is 1. The maximum Gasteiger partial charge on any atom is 0.261 e. The summed E-state index contributed by atoms with van der Waals surface area (Å²) in [6, 6.07) is 5.84. The number of hydrogen-bond acceptors (Lipinski definition) is 7. The number of aromatic nitrogens is 5. The van der Waals surface area contributed by atoms with Crippen LogP contribution in [-0.4, -0.2) is 67.1 Å². The molecule has 1 saturated heterocycles. The van der Waals surface area contributed by atoms with E-state index in [0.29, 0.717) is 10.9 Å². The molecule has 4 heterocycles. The zero-order valence-corrected chi connectivity index (χ0v) is 17.1. The fraction of sp³-hybridized carbons (Fsp3) is 0.524. The fourth-order valence-electron chi connectivity index (χ4n) is 4.46. The fourth-order valence-corrected chi connectivity index (χ4v) is 4.46. The van der Waals surface area contributed by atoms with E-state index in [-0.39, 0.29) is 18.7 Å². The lowest BCUT2D eigenvalue weighted by Crippen LogP contribution is -2.46. The maximum atomic E-state index is 12.5. The number of piperazine rings is 1. The summed E-state index contributed by atoms with van der Waals surface area (Å²) in [7, 11) is 0. The number of aryl methyl sites for hydroxylation is 1. The lowest BCUT2D eigenvalue weighted by atomic mass is 10.1. The Morgan fingerprint density at radius 3 is 2.73 bits per heavy atom. The summed E-state index contributed by atoms with van der Waals surface area (Å²) in [5.74, 6) is 2.23. The Morgan fingerprint density at radius 2 is 1.90 bits per heavy atom. The third-order valence-electron chi connectivity index (χ3n) is 6.19. The van der Waals surface area contributed by atoms with Gasteiger partial charge in [0.2, 0.25) is 0 Å². The van der Waals surface area contributed by atoms with Gasteiger partial charge in [0.25, 0.3) is 5.56 Å². The standard InChI is InChI=1S/C21H27N7O2/c29-12-11-27-15-22-18-13-16(4-5-17(18)21(27)30)26-9-7-25(8-10-26)14-20-24-23-19-3-1-2-6-28(19)20/h4-5,13,15,29H,1-3,6-12,14H2. The van der Waals surface area contributed by atoms with Crippen molar-refractivity contribution in [2.75, 3.05) is 37.7 Å². The number of nitrogens with zero attached hydrogens (tertiary/aromatic N) is 7. The Hall–Kier alpha value is -2.78. The molecule has 2 aliphatic heterocycles. The van der Waals surface area contributed by atoms with Gasteiger partial charge in [-0.3, -0.25) is 14.3 Å². The first-order chi connectivity index (χ1) is 14.7. The minimum Gasteiger partial charge on any atom is -0.395 e. The normalized spacial score (nSPS) is 17.4. The lowest BCUT2D eigenvalue weighted by molar-refractivity contribution is 0.239. The van der Waals surface area contributed by atoms with Gasteiger partial charge in [-0.25, -0.2) is 4.98 Å². The third kappa shape index (κ3) is 3.59. The second-order valence-electron chi connectivity index (χ2n) is 8.07. The molecule has 9 heteroatoms. The molecule has 0 saturated carbocycles. The Labute approximate surface area is 174 Å². The quantitative estimate of drug-likeness (QED) is 0.661. The first-order valence-electron chi connectivity index (χ1n) is 10.7. The number of fused-ring (bicyclic) bond motifs is 2. The summed E-state index contributed by atoms with van der Waals surface area (Å²) in [6.07, 6.45) is 4.99. The first-order valence-corrected chi connectivity index (χ1v) is 10.7. The summed E-state index contributed by atoms with van der Waals surface area (Å²) in [5.41, 5.74) is 1.68. The zero-order valence-electron chi connectivity index (χ0n) is 17.1. The summed E-state index contributed by atoms with van der Waals surface area (Å²) in [6.45, 7) is 5.86. The van der Waals surface area contributed by atoms with Crippen LogP contribution in [0.15, 0.2) is 29.3 Å². The molecule has 1 aromatic carbocycles. The molecule has 0 bridgehead atoms. The molecule has 0 spiro atoms. The average Bonchev–Trinajstić information content (AvgIpc) is 3.19. The van der Waals surface area contributed by atoms with E-state index in [1.807, 2.05) is 18.2 Å². The topological polar surface area (TPSA) is 92.3 Å². The van der Waals surface area contributed by atoms with E-state index >= 15 is 0 Å². The molecular weight excluding hydrogens is 382 g/mol. The van der Waals surface area contributed by atoms with Gasteiger partial charge in [0.15, 0.2) is 0 Å². The minimum absolute atomic E-state index is 0.0763. The van der Waals surface area contributed by atoms with Crippen molar-refractivity contribution >= 4 is 16.6 Å². The summed E-state index contributed by atoms with van der Waals surface area (Å²) in [5, 5.41) is 18.5. The Morgan fingerprint density at radius 1 is 1.03 bits per heavy atom. The lowest BCUT2D eigenvalue weighted by Gasteiger charge is -2.36. The molecule has 0 radical (unpaired) electrons. The molecule has 1 N–H and O–H groups in total. The van der Waals surface area contributed by atoms with Gasteiger partial charge in [-0.05, 0) is 31.0 Å². The van der Waals surface area contributed by atoms with E-state index in [9.17, 15) is 4.79 Å². The van der Waals surface area contributed by atoms with Crippen LogP contribution >= 0.6 is 0 Å². The molecule has 1 fully saturated rings. The van der Waals surface area contributed by atoms with E-state index < -0.39 is 0 Å². The molecule has 30 heavy (non-hydrogen) atoms. The molecular formula is C21H27N7O2. The molecule has 0 aliphatic carbocycles. The number of benzene rings is 1. The Kier molecular flexibility index (Phi) is 5.22. The van der Waals surface area contributed by atoms with Gasteiger partial charge in [-0.15, -0.1) is 10.2 Å². The second kappa shape index (κ2) is 8.16. The summed E-state index contributed by atoms with van der Waals surface area (Å²) < 4.78 is 3.75. The molecule has 158 valence electrons. The highest BCUT2D eigenvalue weighted by atomic mass is 16.3. The van der Waals surface area contributed by atoms with E-state index in [0.717, 1.165) is 63.0 Å². The molecule has 0 atom stereocenters. The number of aliphatic hydroxyl groups excluding tert-OH is 1. The average molecular weight is 409 g/mol. The zero-order chi connectivity index (χ0) is 20.5. The van der Waals surface area contributed by atoms with Crippen molar-refractivity contribution in [1.82, 2.24) is 29.2 Å². The van der Waals surface area contributed by atoms with E-state index in [1.54, 1.807) is 0 Å². The van der Waals surface area contributed by atoms with Crippen LogP contribution in [0.1, 0.15) is 24.5 Å². The number of aliphatic hydroxyl groups is 1. The Balaban J connectivity index is 1.26. The van der Waals surface area contributed by atoms with Gasteiger partial charge in [-0.2, -0.15) is 0 Å². The van der Waals surface area contributed by atoms with Gasteiger partial charge >= 0.3 is 0 Å². The van der Waals surface area contributed by atoms with Crippen LogP contribution in [0, 0.1) is 0 Å². The largest absolute Gasteiger partial charge is 0.395 e. The van der Waals surface area contributed by atoms with Crippen LogP contribution in [0.2, 0.25) is 0 Å². The molecule has 3 aromatic rings. The molecule has 9 nitrogen and oxygen atoms in total. The van der Waals surface area contributed by atoms with E-state index in [1.165, 1.54) is 23.7 Å². The highest BCUT2D eigenvalue weighted by molar-refractivity contribution is 5.81. The van der Waals surface area contributed by atoms with Crippen molar-refractivity contribution < 1.29 is 5.11 Å². The molecule has 5 rings (SSSR count). The van der Waals surface area contributed by atoms with Gasteiger partial charge in [0.05, 0.1) is 36.9 Å². The molecule has 2 aliphatic rings. The van der Waals surface area contributed by atoms with Gasteiger partial charge in [0, 0.05) is 44.8 Å². The van der Waals surface area contributed by atoms with Crippen LogP contribution in [0.4, 0.5) is 5.69 Å². The van der Waals surface area contributed by atoms with Gasteiger partial charge < -0.3 is 14.6 Å². The van der Waals surface area contributed by atoms with Crippen LogP contribution in [-0.2, 0) is 26.1 Å². The van der Waals surface area contributed by atoms with E-state index in [4.69, 9.17) is 5.11 Å². The summed E-state index contributed by atoms with van der Waals surface area (Å²) >= 11 is 0. The Bertz CT molecular complexity index is 1100. The predicted octanol–water partition coefficient (Wildman–Crippen LogP) is 0.639. The number of rotatable bonds is 5. The van der Waals surface area contributed by atoms with Crippen LogP contribution in [0.5, 0.6) is 0 Å². The van der Waals surface area contributed by atoms with Crippen molar-refractivity contribution in [2.24, 2.45) is 0 Å². The van der Waals surface area contributed by atoms with Crippen molar-refractivity contribution in [1.29, 1.82) is 0 Å².